The van der Waals surface area contributed by atoms with Gasteiger partial charge in [-0.3, -0.25) is 15.0 Å². The number of amidine groups is 1. The van der Waals surface area contributed by atoms with Gasteiger partial charge in [-0.1, -0.05) is 29.8 Å². The third-order valence-corrected chi connectivity index (χ3v) is 5.58. The Morgan fingerprint density at radius 3 is 2.70 bits per heavy atom. The molecule has 1 N–H and O–H groups in total. The highest BCUT2D eigenvalue weighted by Crippen LogP contribution is 2.28. The van der Waals surface area contributed by atoms with Gasteiger partial charge in [-0.25, -0.2) is 9.79 Å². The molecule has 2 unspecified atom stereocenters. The Bertz CT molecular complexity index is 780. The molecule has 0 aromatic heterocycles. The summed E-state index contributed by atoms with van der Waals surface area (Å²) in [5.74, 6) is 0.472. The summed E-state index contributed by atoms with van der Waals surface area (Å²) in [5, 5.41) is 3.07. The summed E-state index contributed by atoms with van der Waals surface area (Å²) in [7, 11) is 1.66. The van der Waals surface area contributed by atoms with Crippen LogP contribution in [-0.4, -0.2) is 84.6 Å². The van der Waals surface area contributed by atoms with E-state index in [1.165, 1.54) is 4.90 Å². The minimum atomic E-state index is -0.556. The molecule has 8 nitrogen and oxygen atoms in total. The predicted octanol–water partition coefficient (Wildman–Crippen LogP) is 0.763. The summed E-state index contributed by atoms with van der Waals surface area (Å²) in [6.07, 6.45) is -0.523. The van der Waals surface area contributed by atoms with Gasteiger partial charge in [0.25, 0.3) is 5.91 Å². The predicted molar refractivity (Wildman–Crippen MR) is 101 cm³/mol. The number of hydrogen-bond donors (Lipinski definition) is 1. The van der Waals surface area contributed by atoms with Crippen LogP contribution < -0.4 is 5.32 Å². The zero-order valence-corrected chi connectivity index (χ0v) is 15.9. The van der Waals surface area contributed by atoms with Crippen molar-refractivity contribution in [2.45, 2.75) is 18.8 Å². The van der Waals surface area contributed by atoms with Gasteiger partial charge in [0, 0.05) is 31.7 Å². The molecule has 4 rings (SSSR count). The smallest absolute Gasteiger partial charge is 0.325 e. The number of urea groups is 1. The largest absolute Gasteiger partial charge is 0.379 e. The Morgan fingerprint density at radius 2 is 1.96 bits per heavy atom. The normalized spacial score (nSPS) is 26.1. The van der Waals surface area contributed by atoms with Crippen molar-refractivity contribution in [1.29, 1.82) is 0 Å². The van der Waals surface area contributed by atoms with Crippen molar-refractivity contribution in [1.82, 2.24) is 20.0 Å². The molecule has 3 heterocycles. The van der Waals surface area contributed by atoms with E-state index in [4.69, 9.17) is 21.3 Å². The number of nitrogens with one attached hydrogen (secondary N) is 1. The van der Waals surface area contributed by atoms with Crippen LogP contribution in [0.5, 0.6) is 0 Å². The zero-order chi connectivity index (χ0) is 19.0. The quantitative estimate of drug-likeness (QED) is 0.820. The summed E-state index contributed by atoms with van der Waals surface area (Å²) in [4.78, 5) is 35.1. The molecule has 2 fully saturated rings. The number of amides is 3. The SMILES string of the molecule is CN1C(=O)NC(=O)C2C1N=C(CN1CCOCC1)N2Cc1ccccc1Cl. The molecule has 3 aliphatic rings. The standard InChI is InChI=1S/C18H22ClN5O3/c1-22-16-15(17(25)21-18(22)26)24(10-12-4-2-3-5-13(12)19)14(20-16)11-23-6-8-27-9-7-23/h2-5,15-16H,6-11H2,1H3,(H,21,25,26). The lowest BCUT2D eigenvalue weighted by Crippen LogP contribution is -2.63. The first-order valence-electron chi connectivity index (χ1n) is 8.99. The first-order valence-corrected chi connectivity index (χ1v) is 9.37. The van der Waals surface area contributed by atoms with Crippen LogP contribution >= 0.6 is 11.6 Å². The highest BCUT2D eigenvalue weighted by Gasteiger charge is 2.48. The number of aliphatic imine (C=N–C) groups is 1. The molecule has 0 radical (unpaired) electrons. The Balaban J connectivity index is 1.63. The molecule has 0 saturated carbocycles. The number of halogens is 1. The van der Waals surface area contributed by atoms with Gasteiger partial charge in [0.2, 0.25) is 0 Å². The van der Waals surface area contributed by atoms with E-state index in [0.717, 1.165) is 24.5 Å². The Labute approximate surface area is 162 Å². The van der Waals surface area contributed by atoms with Crippen molar-refractivity contribution in [3.05, 3.63) is 34.9 Å². The summed E-state index contributed by atoms with van der Waals surface area (Å²) in [5.41, 5.74) is 0.918. The summed E-state index contributed by atoms with van der Waals surface area (Å²) >= 11 is 6.35. The average Bonchev–Trinajstić information content (AvgIpc) is 3.01. The Hall–Kier alpha value is -2.16. The molecule has 2 atom stereocenters. The summed E-state index contributed by atoms with van der Waals surface area (Å²) in [6.45, 7) is 4.06. The minimum Gasteiger partial charge on any atom is -0.379 e. The molecule has 9 heteroatoms. The number of benzene rings is 1. The second-order valence-corrected chi connectivity index (χ2v) is 7.32. The van der Waals surface area contributed by atoms with E-state index in [1.807, 2.05) is 29.2 Å². The Kier molecular flexibility index (Phi) is 5.03. The number of hydrogen-bond acceptors (Lipinski definition) is 6. The van der Waals surface area contributed by atoms with E-state index in [2.05, 4.69) is 10.2 Å². The number of likely N-dealkylation sites (N-methyl/N-ethyl adjacent to an activating group) is 1. The van der Waals surface area contributed by atoms with Gasteiger partial charge in [-0.2, -0.15) is 0 Å². The maximum atomic E-state index is 12.6. The molecular weight excluding hydrogens is 370 g/mol. The van der Waals surface area contributed by atoms with Crippen molar-refractivity contribution in [2.75, 3.05) is 39.9 Å². The van der Waals surface area contributed by atoms with E-state index in [1.54, 1.807) is 7.05 Å². The summed E-state index contributed by atoms with van der Waals surface area (Å²) < 4.78 is 5.42. The number of nitrogens with zero attached hydrogens (tertiary/aromatic N) is 4. The van der Waals surface area contributed by atoms with Gasteiger partial charge in [-0.15, -0.1) is 0 Å². The third-order valence-electron chi connectivity index (χ3n) is 5.21. The van der Waals surface area contributed by atoms with Crippen molar-refractivity contribution < 1.29 is 14.3 Å². The van der Waals surface area contributed by atoms with Crippen LogP contribution in [0.25, 0.3) is 0 Å². The Morgan fingerprint density at radius 1 is 1.22 bits per heavy atom. The number of carbonyl (C=O) groups is 2. The number of imide groups is 1. The number of rotatable bonds is 4. The molecule has 3 aliphatic heterocycles. The number of carbonyl (C=O) groups excluding carboxylic acids is 2. The second-order valence-electron chi connectivity index (χ2n) is 6.92. The lowest BCUT2D eigenvalue weighted by Gasteiger charge is -2.37. The van der Waals surface area contributed by atoms with Gasteiger partial charge >= 0.3 is 6.03 Å². The first-order chi connectivity index (χ1) is 13.0. The van der Waals surface area contributed by atoms with Crippen LogP contribution in [0.3, 0.4) is 0 Å². The van der Waals surface area contributed by atoms with Gasteiger partial charge in [0.15, 0.2) is 12.2 Å². The molecule has 27 heavy (non-hydrogen) atoms. The average molecular weight is 392 g/mol. The highest BCUT2D eigenvalue weighted by molar-refractivity contribution is 6.31. The fraction of sp³-hybridized carbons (Fsp3) is 0.500. The van der Waals surface area contributed by atoms with Gasteiger partial charge in [0.05, 0.1) is 19.8 Å². The van der Waals surface area contributed by atoms with Crippen molar-refractivity contribution in [3.63, 3.8) is 0 Å². The van der Waals surface area contributed by atoms with Crippen LogP contribution in [0.2, 0.25) is 5.02 Å². The lowest BCUT2D eigenvalue weighted by atomic mass is 10.1. The number of fused-ring (bicyclic) bond motifs is 1. The summed E-state index contributed by atoms with van der Waals surface area (Å²) in [6, 6.07) is 6.60. The van der Waals surface area contributed by atoms with Crippen molar-refractivity contribution in [2.24, 2.45) is 4.99 Å². The molecule has 0 bridgehead atoms. The highest BCUT2D eigenvalue weighted by atomic mass is 35.5. The van der Waals surface area contributed by atoms with Crippen LogP contribution in [0.15, 0.2) is 29.3 Å². The fourth-order valence-corrected chi connectivity index (χ4v) is 3.87. The van der Waals surface area contributed by atoms with Crippen molar-refractivity contribution >= 4 is 29.4 Å². The molecule has 1 aromatic rings. The monoisotopic (exact) mass is 391 g/mol. The second kappa shape index (κ2) is 7.46. The van der Waals surface area contributed by atoms with Crippen LogP contribution in [0.1, 0.15) is 5.56 Å². The first kappa shape index (κ1) is 18.2. The van der Waals surface area contributed by atoms with Gasteiger partial charge in [-0.05, 0) is 11.6 Å². The van der Waals surface area contributed by atoms with E-state index < -0.39 is 18.2 Å². The molecular formula is C18H22ClN5O3. The molecule has 1 aromatic carbocycles. The van der Waals surface area contributed by atoms with E-state index >= 15 is 0 Å². The van der Waals surface area contributed by atoms with E-state index in [0.29, 0.717) is 31.3 Å². The van der Waals surface area contributed by atoms with Crippen molar-refractivity contribution in [3.8, 4) is 0 Å². The molecule has 0 spiro atoms. The van der Waals surface area contributed by atoms with Gasteiger partial charge in [0.1, 0.15) is 5.84 Å². The topological polar surface area (TPSA) is 77.5 Å². The van der Waals surface area contributed by atoms with Crippen LogP contribution in [0, 0.1) is 0 Å². The molecule has 3 amide bonds. The van der Waals surface area contributed by atoms with Crippen LogP contribution in [0.4, 0.5) is 4.79 Å². The van der Waals surface area contributed by atoms with E-state index in [9.17, 15) is 9.59 Å². The maximum absolute atomic E-state index is 12.6. The fourth-order valence-electron chi connectivity index (χ4n) is 3.67. The van der Waals surface area contributed by atoms with Gasteiger partial charge < -0.3 is 14.5 Å². The van der Waals surface area contributed by atoms with E-state index in [-0.39, 0.29) is 5.91 Å². The minimum absolute atomic E-state index is 0.323. The molecule has 0 aliphatic carbocycles. The van der Waals surface area contributed by atoms with Crippen LogP contribution in [-0.2, 0) is 16.1 Å². The third kappa shape index (κ3) is 3.52. The lowest BCUT2D eigenvalue weighted by molar-refractivity contribution is -0.127. The maximum Gasteiger partial charge on any atom is 0.325 e. The molecule has 2 saturated heterocycles. The number of ether oxygens (including phenoxy) is 1. The number of morpholine rings is 1. The molecule has 144 valence electrons. The zero-order valence-electron chi connectivity index (χ0n) is 15.1.